The topological polar surface area (TPSA) is 69.6 Å². The van der Waals surface area contributed by atoms with Gasteiger partial charge in [0.2, 0.25) is 5.91 Å². The molecule has 2 rings (SSSR count). The first-order chi connectivity index (χ1) is 13.5. The second-order valence-corrected chi connectivity index (χ2v) is 7.33. The molecule has 0 atom stereocenters. The molecule has 6 nitrogen and oxygen atoms in total. The van der Waals surface area contributed by atoms with Crippen LogP contribution in [0.25, 0.3) is 0 Å². The third-order valence-electron chi connectivity index (χ3n) is 4.37. The summed E-state index contributed by atoms with van der Waals surface area (Å²) in [7, 11) is 3.51. The second kappa shape index (κ2) is 11.3. The molecule has 0 saturated carbocycles. The van der Waals surface area contributed by atoms with E-state index in [9.17, 15) is 4.79 Å². The number of aryl methyl sites for hydroxylation is 1. The average molecular weight is 400 g/mol. The first-order valence-corrected chi connectivity index (χ1v) is 10.5. The highest BCUT2D eigenvalue weighted by Gasteiger charge is 2.10. The summed E-state index contributed by atoms with van der Waals surface area (Å²) in [5.74, 6) is 0.623. The molecular weight excluding hydrogens is 370 g/mol. The number of hydrogen-bond donors (Lipinski definition) is 2. The molecule has 2 aromatic rings. The Kier molecular flexibility index (Phi) is 8.81. The fraction of sp³-hybridized carbons (Fsp3) is 0.381. The first kappa shape index (κ1) is 21.8. The van der Waals surface area contributed by atoms with E-state index >= 15 is 0 Å². The summed E-state index contributed by atoms with van der Waals surface area (Å²) < 4.78 is 0. The molecule has 0 aliphatic carbocycles. The maximum atomic E-state index is 12.4. The monoisotopic (exact) mass is 399 g/mol. The largest absolute Gasteiger partial charge is 0.352 e. The van der Waals surface area contributed by atoms with Crippen LogP contribution in [0.15, 0.2) is 52.5 Å². The molecule has 1 aromatic carbocycles. The van der Waals surface area contributed by atoms with Gasteiger partial charge in [-0.15, -0.1) is 11.8 Å². The molecule has 0 aliphatic rings. The molecule has 0 bridgehead atoms. The van der Waals surface area contributed by atoms with Crippen LogP contribution in [0.1, 0.15) is 16.8 Å². The predicted molar refractivity (Wildman–Crippen MR) is 117 cm³/mol. The number of aromatic nitrogens is 1. The molecule has 150 valence electrons. The van der Waals surface area contributed by atoms with Crippen LogP contribution in [0, 0.1) is 6.92 Å². The van der Waals surface area contributed by atoms with Gasteiger partial charge in [0, 0.05) is 50.4 Å². The number of rotatable bonds is 8. The Morgan fingerprint density at radius 3 is 2.75 bits per heavy atom. The number of guanidine groups is 1. The van der Waals surface area contributed by atoms with Crippen molar-refractivity contribution in [3.8, 4) is 0 Å². The Balaban J connectivity index is 1.79. The van der Waals surface area contributed by atoms with E-state index in [1.54, 1.807) is 37.0 Å². The Hall–Kier alpha value is -2.54. The zero-order chi connectivity index (χ0) is 20.4. The van der Waals surface area contributed by atoms with E-state index < -0.39 is 0 Å². The van der Waals surface area contributed by atoms with E-state index in [4.69, 9.17) is 0 Å². The highest BCUT2D eigenvalue weighted by molar-refractivity contribution is 7.98. The fourth-order valence-electron chi connectivity index (χ4n) is 2.64. The minimum absolute atomic E-state index is 0.0130. The van der Waals surface area contributed by atoms with Crippen LogP contribution in [0.2, 0.25) is 0 Å². The third kappa shape index (κ3) is 6.88. The van der Waals surface area contributed by atoms with Gasteiger partial charge in [-0.25, -0.2) is 0 Å². The molecule has 1 heterocycles. The maximum Gasteiger partial charge on any atom is 0.241 e. The van der Waals surface area contributed by atoms with E-state index in [0.29, 0.717) is 19.0 Å². The number of aliphatic imine (C=N–C) groups is 1. The van der Waals surface area contributed by atoms with E-state index in [2.05, 4.69) is 52.0 Å². The average Bonchev–Trinajstić information content (AvgIpc) is 2.73. The van der Waals surface area contributed by atoms with Crippen LogP contribution in [0.4, 0.5) is 0 Å². The molecule has 0 aliphatic heterocycles. The van der Waals surface area contributed by atoms with Crippen molar-refractivity contribution < 1.29 is 4.79 Å². The summed E-state index contributed by atoms with van der Waals surface area (Å²) in [6.07, 6.45) is 4.58. The highest BCUT2D eigenvalue weighted by atomic mass is 32.2. The van der Waals surface area contributed by atoms with Crippen LogP contribution < -0.4 is 10.6 Å². The van der Waals surface area contributed by atoms with Crippen LogP contribution in [0.5, 0.6) is 0 Å². The third-order valence-corrected chi connectivity index (χ3v) is 5.19. The predicted octanol–water partition coefficient (Wildman–Crippen LogP) is 2.48. The summed E-state index contributed by atoms with van der Waals surface area (Å²) in [6.45, 7) is 3.57. The van der Waals surface area contributed by atoms with Gasteiger partial charge in [0.1, 0.15) is 0 Å². The second-order valence-electron chi connectivity index (χ2n) is 6.48. The number of carbonyl (C=O) groups is 1. The van der Waals surface area contributed by atoms with Gasteiger partial charge < -0.3 is 15.5 Å². The lowest BCUT2D eigenvalue weighted by Crippen LogP contribution is -2.43. The number of nitrogens with zero attached hydrogens (tertiary/aromatic N) is 3. The number of hydrogen-bond acceptors (Lipinski definition) is 4. The quantitative estimate of drug-likeness (QED) is 0.405. The summed E-state index contributed by atoms with van der Waals surface area (Å²) in [6, 6.07) is 12.2. The Morgan fingerprint density at radius 1 is 1.25 bits per heavy atom. The Morgan fingerprint density at radius 2 is 2.07 bits per heavy atom. The number of benzene rings is 1. The summed E-state index contributed by atoms with van der Waals surface area (Å²) in [5.41, 5.74) is 3.44. The van der Waals surface area contributed by atoms with Crippen molar-refractivity contribution in [3.63, 3.8) is 0 Å². The van der Waals surface area contributed by atoms with Gasteiger partial charge in [0.15, 0.2) is 5.96 Å². The van der Waals surface area contributed by atoms with Gasteiger partial charge >= 0.3 is 0 Å². The molecule has 1 aromatic heterocycles. The minimum Gasteiger partial charge on any atom is -0.352 e. The van der Waals surface area contributed by atoms with E-state index in [1.165, 1.54) is 16.0 Å². The van der Waals surface area contributed by atoms with Gasteiger partial charge in [-0.1, -0.05) is 18.2 Å². The van der Waals surface area contributed by atoms with Crippen molar-refractivity contribution in [2.75, 3.05) is 33.4 Å². The SMILES string of the molecule is CN=C(NCC(=O)N(C)CCc1ccccn1)NCc1ccc(C)cc1SC. The standard InChI is InChI=1S/C21H29N5OS/c1-16-8-9-17(19(13-16)28-4)14-24-21(22-2)25-15-20(27)26(3)12-10-18-7-5-6-11-23-18/h5-9,11,13H,10,12,14-15H2,1-4H3,(H2,22,24,25). The van der Waals surface area contributed by atoms with Crippen LogP contribution in [-0.4, -0.2) is 55.2 Å². The lowest BCUT2D eigenvalue weighted by atomic mass is 10.1. The molecule has 0 saturated heterocycles. The molecular formula is C21H29N5OS. The van der Waals surface area contributed by atoms with E-state index in [1.807, 2.05) is 18.2 Å². The van der Waals surface area contributed by atoms with Gasteiger partial charge in [-0.2, -0.15) is 0 Å². The van der Waals surface area contributed by atoms with Crippen molar-refractivity contribution in [2.24, 2.45) is 4.99 Å². The van der Waals surface area contributed by atoms with Crippen molar-refractivity contribution >= 4 is 23.6 Å². The minimum atomic E-state index is 0.0130. The number of thioether (sulfide) groups is 1. The van der Waals surface area contributed by atoms with Gasteiger partial charge in [0.25, 0.3) is 0 Å². The Labute approximate surface area is 171 Å². The first-order valence-electron chi connectivity index (χ1n) is 9.25. The van der Waals surface area contributed by atoms with Crippen molar-refractivity contribution in [1.29, 1.82) is 0 Å². The molecule has 0 fully saturated rings. The molecule has 2 N–H and O–H groups in total. The normalized spacial score (nSPS) is 11.2. The molecule has 7 heteroatoms. The fourth-order valence-corrected chi connectivity index (χ4v) is 3.35. The van der Waals surface area contributed by atoms with Gasteiger partial charge in [-0.3, -0.25) is 14.8 Å². The molecule has 0 unspecified atom stereocenters. The van der Waals surface area contributed by atoms with Gasteiger partial charge in [-0.05, 0) is 42.5 Å². The lowest BCUT2D eigenvalue weighted by molar-refractivity contribution is -0.128. The van der Waals surface area contributed by atoms with Gasteiger partial charge in [0.05, 0.1) is 6.54 Å². The summed E-state index contributed by atoms with van der Waals surface area (Å²) in [4.78, 5) is 23.8. The van der Waals surface area contributed by atoms with Crippen LogP contribution in [-0.2, 0) is 17.8 Å². The number of likely N-dealkylation sites (N-methyl/N-ethyl adjacent to an activating group) is 1. The molecule has 1 amide bonds. The lowest BCUT2D eigenvalue weighted by Gasteiger charge is -2.19. The van der Waals surface area contributed by atoms with Crippen molar-refractivity contribution in [3.05, 3.63) is 59.4 Å². The molecule has 0 spiro atoms. The number of carbonyl (C=O) groups excluding carboxylic acids is 1. The van der Waals surface area contributed by atoms with E-state index in [-0.39, 0.29) is 12.5 Å². The van der Waals surface area contributed by atoms with Crippen LogP contribution in [0.3, 0.4) is 0 Å². The number of pyridine rings is 1. The molecule has 0 radical (unpaired) electrons. The van der Waals surface area contributed by atoms with E-state index in [0.717, 1.165) is 12.1 Å². The summed E-state index contributed by atoms with van der Waals surface area (Å²) in [5, 5.41) is 6.37. The molecule has 28 heavy (non-hydrogen) atoms. The Bertz CT molecular complexity index is 795. The smallest absolute Gasteiger partial charge is 0.241 e. The van der Waals surface area contributed by atoms with Crippen LogP contribution >= 0.6 is 11.8 Å². The maximum absolute atomic E-state index is 12.4. The number of amides is 1. The van der Waals surface area contributed by atoms with Crippen molar-refractivity contribution in [1.82, 2.24) is 20.5 Å². The zero-order valence-corrected chi connectivity index (χ0v) is 17.8. The number of nitrogens with one attached hydrogen (secondary N) is 2. The summed E-state index contributed by atoms with van der Waals surface area (Å²) >= 11 is 1.73. The highest BCUT2D eigenvalue weighted by Crippen LogP contribution is 2.21. The van der Waals surface area contributed by atoms with Crippen molar-refractivity contribution in [2.45, 2.75) is 24.8 Å². The zero-order valence-electron chi connectivity index (χ0n) is 17.0.